The zero-order chi connectivity index (χ0) is 21.0. The second kappa shape index (κ2) is 6.63. The summed E-state index contributed by atoms with van der Waals surface area (Å²) in [6, 6.07) is 5.13. The molecule has 0 radical (unpaired) electrons. The Morgan fingerprint density at radius 2 is 2.00 bits per heavy atom. The van der Waals surface area contributed by atoms with Crippen molar-refractivity contribution in [2.75, 3.05) is 38.3 Å². The third kappa shape index (κ3) is 3.19. The van der Waals surface area contributed by atoms with Crippen molar-refractivity contribution in [2.24, 2.45) is 5.73 Å². The van der Waals surface area contributed by atoms with E-state index in [4.69, 9.17) is 15.2 Å². The SMILES string of the molecule is CN(c1ccc(C(N)=O)c2[nH]c(C3(OC(=O)C(F)(F)F)COC3)cc12)C1CNC1. The van der Waals surface area contributed by atoms with Gasteiger partial charge in [0.25, 0.3) is 5.91 Å². The monoisotopic (exact) mass is 412 g/mol. The molecule has 3 heterocycles. The van der Waals surface area contributed by atoms with Gasteiger partial charge in [0.05, 0.1) is 36.0 Å². The normalized spacial score (nSPS) is 18.8. The lowest BCUT2D eigenvalue weighted by Crippen LogP contribution is -2.56. The average molecular weight is 412 g/mol. The third-order valence-electron chi connectivity index (χ3n) is 5.40. The average Bonchev–Trinajstić information content (AvgIpc) is 2.99. The van der Waals surface area contributed by atoms with Gasteiger partial charge in [0, 0.05) is 31.2 Å². The van der Waals surface area contributed by atoms with Crippen molar-refractivity contribution < 1.29 is 32.2 Å². The van der Waals surface area contributed by atoms with Crippen LogP contribution in [0.1, 0.15) is 16.1 Å². The standard InChI is InChI=1S/C18H19F3N4O4/c1-25(9-5-23-6-9)12-3-2-10(15(22)26)14-11(12)4-13(24-14)17(7-28-8-17)29-16(27)18(19,20)21/h2-4,9,23-24H,5-8H2,1H3,(H2,22,26). The fourth-order valence-corrected chi connectivity index (χ4v) is 3.50. The number of hydrogen-bond acceptors (Lipinski definition) is 6. The number of rotatable bonds is 5. The van der Waals surface area contributed by atoms with Gasteiger partial charge in [-0.25, -0.2) is 4.79 Å². The van der Waals surface area contributed by atoms with Gasteiger partial charge in [-0.2, -0.15) is 13.2 Å². The van der Waals surface area contributed by atoms with Crippen LogP contribution in [0.25, 0.3) is 10.9 Å². The summed E-state index contributed by atoms with van der Waals surface area (Å²) in [5.74, 6) is -2.98. The third-order valence-corrected chi connectivity index (χ3v) is 5.40. The van der Waals surface area contributed by atoms with Crippen LogP contribution < -0.4 is 16.0 Å². The van der Waals surface area contributed by atoms with Crippen molar-refractivity contribution in [3.8, 4) is 0 Å². The minimum atomic E-state index is -5.13. The first-order valence-electron chi connectivity index (χ1n) is 8.90. The number of benzene rings is 1. The van der Waals surface area contributed by atoms with E-state index >= 15 is 0 Å². The van der Waals surface area contributed by atoms with E-state index in [9.17, 15) is 22.8 Å². The van der Waals surface area contributed by atoms with Gasteiger partial charge in [-0.3, -0.25) is 4.79 Å². The number of anilines is 1. The molecule has 0 saturated carbocycles. The van der Waals surface area contributed by atoms with Crippen LogP contribution in [0.5, 0.6) is 0 Å². The summed E-state index contributed by atoms with van der Waals surface area (Å²) in [5, 5.41) is 3.77. The molecule has 0 spiro atoms. The Bertz CT molecular complexity index is 979. The number of H-pyrrole nitrogens is 1. The van der Waals surface area contributed by atoms with Crippen LogP contribution in [-0.4, -0.2) is 62.4 Å². The first-order chi connectivity index (χ1) is 13.6. The van der Waals surface area contributed by atoms with E-state index in [1.807, 2.05) is 11.9 Å². The number of fused-ring (bicyclic) bond motifs is 1. The lowest BCUT2D eigenvalue weighted by Gasteiger charge is -2.39. The molecule has 29 heavy (non-hydrogen) atoms. The van der Waals surface area contributed by atoms with E-state index in [0.29, 0.717) is 10.9 Å². The molecule has 156 valence electrons. The number of aromatic amines is 1. The molecular formula is C18H19F3N4O4. The first-order valence-corrected chi connectivity index (χ1v) is 8.90. The molecule has 2 saturated heterocycles. The van der Waals surface area contributed by atoms with Gasteiger partial charge in [-0.1, -0.05) is 0 Å². The molecule has 0 bridgehead atoms. The number of ether oxygens (including phenoxy) is 2. The van der Waals surface area contributed by atoms with Gasteiger partial charge >= 0.3 is 12.1 Å². The number of likely N-dealkylation sites (N-methyl/N-ethyl adjacent to an activating group) is 1. The highest BCUT2D eigenvalue weighted by Gasteiger charge is 2.52. The molecule has 8 nitrogen and oxygen atoms in total. The minimum Gasteiger partial charge on any atom is -0.441 e. The van der Waals surface area contributed by atoms with Crippen molar-refractivity contribution >= 4 is 28.5 Å². The molecule has 0 unspecified atom stereocenters. The Hall–Kier alpha value is -2.79. The Balaban J connectivity index is 1.80. The van der Waals surface area contributed by atoms with E-state index in [1.54, 1.807) is 18.2 Å². The highest BCUT2D eigenvalue weighted by atomic mass is 19.4. The van der Waals surface area contributed by atoms with Crippen LogP contribution in [0, 0.1) is 0 Å². The molecule has 11 heteroatoms. The van der Waals surface area contributed by atoms with E-state index in [0.717, 1.165) is 18.8 Å². The molecule has 4 N–H and O–H groups in total. The summed E-state index contributed by atoms with van der Waals surface area (Å²) in [6.45, 7) is 1.11. The Kier molecular flexibility index (Phi) is 4.46. The number of nitrogens with two attached hydrogens (primary N) is 1. The number of carbonyl (C=O) groups is 2. The maximum absolute atomic E-state index is 12.7. The number of halogens is 3. The van der Waals surface area contributed by atoms with Crippen molar-refractivity contribution in [1.29, 1.82) is 0 Å². The van der Waals surface area contributed by atoms with Gasteiger partial charge < -0.3 is 30.4 Å². The van der Waals surface area contributed by atoms with Crippen molar-refractivity contribution in [3.63, 3.8) is 0 Å². The number of nitrogens with one attached hydrogen (secondary N) is 2. The maximum atomic E-state index is 12.7. The Labute approximate surface area is 163 Å². The van der Waals surface area contributed by atoms with Crippen LogP contribution >= 0.6 is 0 Å². The number of esters is 1. The fraction of sp³-hybridized carbons (Fsp3) is 0.444. The highest BCUT2D eigenvalue weighted by Crippen LogP contribution is 2.40. The molecule has 2 aliphatic rings. The van der Waals surface area contributed by atoms with E-state index in [1.165, 1.54) is 0 Å². The Morgan fingerprint density at radius 3 is 2.48 bits per heavy atom. The lowest BCUT2D eigenvalue weighted by molar-refractivity contribution is -0.251. The van der Waals surface area contributed by atoms with E-state index < -0.39 is 23.7 Å². The number of aromatic nitrogens is 1. The number of alkyl halides is 3. The molecule has 1 aromatic carbocycles. The number of primary amides is 1. The van der Waals surface area contributed by atoms with Crippen LogP contribution in [0.3, 0.4) is 0 Å². The molecule has 1 aromatic heterocycles. The maximum Gasteiger partial charge on any atom is 0.490 e. The predicted molar refractivity (Wildman–Crippen MR) is 96.5 cm³/mol. The summed E-state index contributed by atoms with van der Waals surface area (Å²) in [5.41, 5.74) is 5.41. The molecule has 0 atom stereocenters. The zero-order valence-electron chi connectivity index (χ0n) is 15.4. The van der Waals surface area contributed by atoms with E-state index in [2.05, 4.69) is 10.3 Å². The van der Waals surface area contributed by atoms with Crippen LogP contribution in [-0.2, 0) is 19.9 Å². The lowest BCUT2D eigenvalue weighted by atomic mass is 9.97. The second-order valence-electron chi connectivity index (χ2n) is 7.27. The molecule has 1 amide bonds. The number of carbonyl (C=O) groups excluding carboxylic acids is 2. The van der Waals surface area contributed by atoms with Gasteiger partial charge in [0.1, 0.15) is 0 Å². The topological polar surface area (TPSA) is 110 Å². The number of hydrogen-bond donors (Lipinski definition) is 3. The van der Waals surface area contributed by atoms with Gasteiger partial charge in [-0.05, 0) is 18.2 Å². The highest BCUT2D eigenvalue weighted by molar-refractivity contribution is 6.09. The predicted octanol–water partition coefficient (Wildman–Crippen LogP) is 1.01. The number of amides is 1. The molecule has 2 fully saturated rings. The smallest absolute Gasteiger partial charge is 0.441 e. The van der Waals surface area contributed by atoms with Crippen LogP contribution in [0.4, 0.5) is 18.9 Å². The van der Waals surface area contributed by atoms with Gasteiger partial charge in [0.15, 0.2) is 5.60 Å². The Morgan fingerprint density at radius 1 is 1.31 bits per heavy atom. The molecule has 4 rings (SSSR count). The summed E-state index contributed by atoms with van der Waals surface area (Å²) in [7, 11) is 1.89. The van der Waals surface area contributed by atoms with Crippen LogP contribution in [0.2, 0.25) is 0 Å². The van der Waals surface area contributed by atoms with Crippen molar-refractivity contribution in [1.82, 2.24) is 10.3 Å². The van der Waals surface area contributed by atoms with Crippen molar-refractivity contribution in [2.45, 2.75) is 17.8 Å². The molecule has 2 aliphatic heterocycles. The zero-order valence-corrected chi connectivity index (χ0v) is 15.4. The summed E-state index contributed by atoms with van der Waals surface area (Å²) in [4.78, 5) is 28.3. The quantitative estimate of drug-likeness (QED) is 0.633. The molecule has 2 aromatic rings. The van der Waals surface area contributed by atoms with Gasteiger partial charge in [0.2, 0.25) is 0 Å². The largest absolute Gasteiger partial charge is 0.490 e. The van der Waals surface area contributed by atoms with E-state index in [-0.39, 0.29) is 30.5 Å². The van der Waals surface area contributed by atoms with Crippen molar-refractivity contribution in [3.05, 3.63) is 29.5 Å². The van der Waals surface area contributed by atoms with Gasteiger partial charge in [-0.15, -0.1) is 0 Å². The summed E-state index contributed by atoms with van der Waals surface area (Å²) >= 11 is 0. The first kappa shape index (κ1) is 19.5. The summed E-state index contributed by atoms with van der Waals surface area (Å²) < 4.78 is 48.0. The fourth-order valence-electron chi connectivity index (χ4n) is 3.50. The van der Waals surface area contributed by atoms with Crippen LogP contribution in [0.15, 0.2) is 18.2 Å². The molecule has 0 aliphatic carbocycles. The number of nitrogens with zero attached hydrogens (tertiary/aromatic N) is 1. The second-order valence-corrected chi connectivity index (χ2v) is 7.27. The molecular weight excluding hydrogens is 393 g/mol. The minimum absolute atomic E-state index is 0.188. The summed E-state index contributed by atoms with van der Waals surface area (Å²) in [6.07, 6.45) is -5.13.